The van der Waals surface area contributed by atoms with Crippen LogP contribution in [0.1, 0.15) is 29.9 Å². The summed E-state index contributed by atoms with van der Waals surface area (Å²) in [6.07, 6.45) is -2.60. The van der Waals surface area contributed by atoms with E-state index in [9.17, 15) is 14.4 Å². The van der Waals surface area contributed by atoms with Gasteiger partial charge in [0.15, 0.2) is 0 Å². The van der Waals surface area contributed by atoms with Crippen molar-refractivity contribution in [2.75, 3.05) is 27.7 Å². The molecule has 1 aliphatic heterocycles. The fraction of sp³-hybridized carbons (Fsp3) is 0.786. The van der Waals surface area contributed by atoms with Gasteiger partial charge in [-0.2, -0.15) is 0 Å². The monoisotopic (exact) mass is 302 g/mol. The van der Waals surface area contributed by atoms with Gasteiger partial charge >= 0.3 is 12.1 Å². The molecule has 1 saturated heterocycles. The smallest absolute Gasteiger partial charge is 0.417 e. The Balaban J connectivity index is 3.29. The van der Waals surface area contributed by atoms with Crippen molar-refractivity contribution in [1.29, 1.82) is 0 Å². The van der Waals surface area contributed by atoms with Crippen LogP contribution in [0.4, 0.5) is 4.79 Å². The molecule has 0 radical (unpaired) electrons. The third kappa shape index (κ3) is 4.42. The van der Waals surface area contributed by atoms with E-state index in [1.165, 1.54) is 0 Å². The van der Waals surface area contributed by atoms with Crippen molar-refractivity contribution in [3.05, 3.63) is 0 Å². The number of hydrogen-bond acceptors (Lipinski definition) is 6. The number of hydrogen-bond donors (Lipinski definition) is 0. The number of ether oxygens (including phenoxy) is 2. The Bertz CT molecular complexity index is 506. The van der Waals surface area contributed by atoms with Crippen LogP contribution in [-0.2, 0) is 19.1 Å². The molecule has 1 aliphatic rings. The fourth-order valence-electron chi connectivity index (χ4n) is 1.90. The summed E-state index contributed by atoms with van der Waals surface area (Å²) in [6, 6.07) is -2.46. The number of carbonyl (C=O) groups excluding carboxylic acids is 3. The summed E-state index contributed by atoms with van der Waals surface area (Å²) >= 11 is 0. The lowest BCUT2D eigenvalue weighted by Crippen LogP contribution is -2.46. The van der Waals surface area contributed by atoms with E-state index in [0.29, 0.717) is 4.90 Å². The third-order valence-electron chi connectivity index (χ3n) is 2.67. The average molecular weight is 302 g/mol. The summed E-state index contributed by atoms with van der Waals surface area (Å²) in [5, 5.41) is 0. The highest BCUT2D eigenvalue weighted by molar-refractivity contribution is 6.00. The second-order valence-electron chi connectivity index (χ2n) is 6.07. The normalized spacial score (nSPS) is 31.0. The van der Waals surface area contributed by atoms with Gasteiger partial charge in [-0.05, 0) is 41.3 Å². The van der Waals surface area contributed by atoms with Gasteiger partial charge < -0.3 is 14.4 Å². The Morgan fingerprint density at radius 3 is 2.48 bits per heavy atom. The average Bonchev–Trinajstić information content (AvgIpc) is 2.57. The minimum Gasteiger partial charge on any atom is -0.467 e. The van der Waals surface area contributed by atoms with Gasteiger partial charge in [0.1, 0.15) is 11.6 Å². The Morgan fingerprint density at radius 2 is 2.05 bits per heavy atom. The van der Waals surface area contributed by atoms with E-state index in [4.69, 9.17) is 7.48 Å². The minimum atomic E-state index is -2.46. The summed E-state index contributed by atoms with van der Waals surface area (Å²) in [4.78, 5) is 39.0. The SMILES string of the molecule is [2H][C@@H]1C(CN(C)C)C(=O)N(C(=O)OC(C)(C)C)[C@]1([2H])C(=O)OC. The first-order valence-corrected chi connectivity index (χ1v) is 6.58. The van der Waals surface area contributed by atoms with Crippen LogP contribution in [0.15, 0.2) is 0 Å². The number of amides is 2. The summed E-state index contributed by atoms with van der Waals surface area (Å²) in [6.45, 7) is 4.93. The standard InChI is InChI=1S/C14H24N2O5/c1-14(2,3)21-13(19)16-10(12(18)20-6)7-9(11(16)17)8-15(4)5/h9-10H,7-8H2,1-6H3/t9?,10-/m0/s1/i7D,10D/t7-,9?,10+/m1. The van der Waals surface area contributed by atoms with E-state index in [0.717, 1.165) is 7.11 Å². The molecule has 0 aliphatic carbocycles. The van der Waals surface area contributed by atoms with Crippen LogP contribution >= 0.6 is 0 Å². The summed E-state index contributed by atoms with van der Waals surface area (Å²) in [5.74, 6) is -2.93. The van der Waals surface area contributed by atoms with E-state index in [2.05, 4.69) is 4.74 Å². The molecule has 120 valence electrons. The molecule has 0 saturated carbocycles. The maximum Gasteiger partial charge on any atom is 0.417 e. The van der Waals surface area contributed by atoms with Gasteiger partial charge in [-0.1, -0.05) is 0 Å². The van der Waals surface area contributed by atoms with E-state index in [1.54, 1.807) is 39.8 Å². The van der Waals surface area contributed by atoms with Gasteiger partial charge in [0.2, 0.25) is 5.91 Å². The molecule has 0 aromatic heterocycles. The van der Waals surface area contributed by atoms with Crippen molar-refractivity contribution in [1.82, 2.24) is 9.80 Å². The minimum absolute atomic E-state index is 0.129. The first kappa shape index (κ1) is 14.3. The second-order valence-corrected chi connectivity index (χ2v) is 6.07. The predicted octanol–water partition coefficient (Wildman–Crippen LogP) is 0.873. The molecule has 1 unspecified atom stereocenters. The molecule has 0 spiro atoms. The molecule has 7 nitrogen and oxygen atoms in total. The Morgan fingerprint density at radius 1 is 1.48 bits per heavy atom. The van der Waals surface area contributed by atoms with Crippen LogP contribution in [0, 0.1) is 5.92 Å². The highest BCUT2D eigenvalue weighted by atomic mass is 16.6. The molecular weight excluding hydrogens is 276 g/mol. The molecule has 0 N–H and O–H groups in total. The Labute approximate surface area is 128 Å². The number of imide groups is 1. The first-order valence-electron chi connectivity index (χ1n) is 7.66. The van der Waals surface area contributed by atoms with Crippen LogP contribution in [0.5, 0.6) is 0 Å². The summed E-state index contributed by atoms with van der Waals surface area (Å²) in [5.41, 5.74) is -0.911. The van der Waals surface area contributed by atoms with Crippen LogP contribution < -0.4 is 0 Å². The number of esters is 1. The van der Waals surface area contributed by atoms with E-state index in [1.807, 2.05) is 0 Å². The lowest BCUT2D eigenvalue weighted by Gasteiger charge is -2.26. The van der Waals surface area contributed by atoms with Crippen molar-refractivity contribution < 1.29 is 26.6 Å². The zero-order chi connectivity index (χ0) is 18.2. The number of nitrogens with zero attached hydrogens (tertiary/aromatic N) is 2. The topological polar surface area (TPSA) is 76.2 Å². The Hall–Kier alpha value is -1.63. The van der Waals surface area contributed by atoms with Crippen LogP contribution in [0.25, 0.3) is 0 Å². The van der Waals surface area contributed by atoms with Crippen LogP contribution in [0.3, 0.4) is 0 Å². The van der Waals surface area contributed by atoms with Gasteiger partial charge in [-0.25, -0.2) is 14.5 Å². The lowest BCUT2D eigenvalue weighted by molar-refractivity contribution is -0.148. The Kier molecular flexibility index (Phi) is 4.38. The van der Waals surface area contributed by atoms with Crippen molar-refractivity contribution in [2.45, 2.75) is 38.8 Å². The van der Waals surface area contributed by atoms with Gasteiger partial charge in [0, 0.05) is 7.92 Å². The highest BCUT2D eigenvalue weighted by Gasteiger charge is 2.48. The van der Waals surface area contributed by atoms with Crippen LogP contribution in [0.2, 0.25) is 0 Å². The molecule has 1 fully saturated rings. The van der Waals surface area contributed by atoms with Gasteiger partial charge in [0.25, 0.3) is 0 Å². The molecule has 0 aromatic carbocycles. The quantitative estimate of drug-likeness (QED) is 0.720. The van der Waals surface area contributed by atoms with Crippen molar-refractivity contribution in [3.8, 4) is 0 Å². The number of likely N-dealkylation sites (tertiary alicyclic amines) is 1. The molecule has 1 heterocycles. The van der Waals surface area contributed by atoms with Gasteiger partial charge in [0.05, 0.1) is 14.4 Å². The largest absolute Gasteiger partial charge is 0.467 e. The number of rotatable bonds is 3. The van der Waals surface area contributed by atoms with Crippen molar-refractivity contribution >= 4 is 18.0 Å². The maximum atomic E-state index is 12.6. The second kappa shape index (κ2) is 6.43. The van der Waals surface area contributed by atoms with Gasteiger partial charge in [-0.3, -0.25) is 4.79 Å². The van der Waals surface area contributed by atoms with E-state index >= 15 is 0 Å². The molecule has 0 bridgehead atoms. The first-order chi connectivity index (χ1) is 10.4. The fourth-order valence-corrected chi connectivity index (χ4v) is 1.90. The van der Waals surface area contributed by atoms with E-state index in [-0.39, 0.29) is 6.54 Å². The molecule has 7 heteroatoms. The highest BCUT2D eigenvalue weighted by Crippen LogP contribution is 2.28. The molecule has 21 heavy (non-hydrogen) atoms. The van der Waals surface area contributed by atoms with Crippen molar-refractivity contribution in [2.24, 2.45) is 5.92 Å². The number of carbonyl (C=O) groups is 3. The summed E-state index contributed by atoms with van der Waals surface area (Å²) in [7, 11) is 4.43. The molecule has 3 atom stereocenters. The molecule has 1 rings (SSSR count). The zero-order valence-electron chi connectivity index (χ0n) is 15.3. The third-order valence-corrected chi connectivity index (χ3v) is 2.67. The predicted molar refractivity (Wildman–Crippen MR) is 75.5 cm³/mol. The lowest BCUT2D eigenvalue weighted by atomic mass is 10.1. The molecule has 0 aromatic rings. The van der Waals surface area contributed by atoms with Crippen molar-refractivity contribution in [3.63, 3.8) is 0 Å². The summed E-state index contributed by atoms with van der Waals surface area (Å²) < 4.78 is 26.2. The van der Waals surface area contributed by atoms with Crippen LogP contribution in [-0.4, -0.2) is 67.1 Å². The molecule has 2 amide bonds. The maximum absolute atomic E-state index is 12.6. The van der Waals surface area contributed by atoms with Gasteiger partial charge in [-0.15, -0.1) is 0 Å². The zero-order valence-corrected chi connectivity index (χ0v) is 13.3. The van der Waals surface area contributed by atoms with E-state index < -0.39 is 41.9 Å². The number of methoxy groups -OCH3 is 1. The molecular formula is C14H24N2O5.